The first-order chi connectivity index (χ1) is 15.8. The number of hydrogen-bond donors (Lipinski definition) is 0. The number of hydrogen-bond acceptors (Lipinski definition) is 8. The van der Waals surface area contributed by atoms with Crippen LogP contribution in [0.3, 0.4) is 0 Å². The molecule has 1 aliphatic rings. The van der Waals surface area contributed by atoms with E-state index in [9.17, 15) is 4.79 Å². The van der Waals surface area contributed by atoms with Crippen LogP contribution in [-0.2, 0) is 24.9 Å². The molecule has 0 bridgehead atoms. The Morgan fingerprint density at radius 3 is 2.70 bits per heavy atom. The van der Waals surface area contributed by atoms with Crippen LogP contribution in [0.5, 0.6) is 5.75 Å². The number of carbonyl (C=O) groups is 1. The van der Waals surface area contributed by atoms with Gasteiger partial charge < -0.3 is 19.1 Å². The zero-order chi connectivity index (χ0) is 23.8. The maximum Gasteiger partial charge on any atom is 0.313 e. The van der Waals surface area contributed by atoms with Gasteiger partial charge in [0.2, 0.25) is 0 Å². The largest absolute Gasteiger partial charge is 0.497 e. The van der Waals surface area contributed by atoms with Crippen molar-refractivity contribution in [2.75, 3.05) is 73.8 Å². The van der Waals surface area contributed by atoms with Gasteiger partial charge in [-0.15, -0.1) is 0 Å². The quantitative estimate of drug-likeness (QED) is 0.340. The molecule has 9 heteroatoms. The highest BCUT2D eigenvalue weighted by Gasteiger charge is 2.30. The molecule has 8 nitrogen and oxygen atoms in total. The highest BCUT2D eigenvalue weighted by molar-refractivity contribution is 7.93. The molecule has 1 aromatic carbocycles. The smallest absolute Gasteiger partial charge is 0.313 e. The second-order valence-electron chi connectivity index (χ2n) is 9.23. The van der Waals surface area contributed by atoms with Crippen molar-refractivity contribution in [1.82, 2.24) is 13.8 Å². The second-order valence-corrected chi connectivity index (χ2v) is 10.0. The summed E-state index contributed by atoms with van der Waals surface area (Å²) >= 11 is 1.24. The van der Waals surface area contributed by atoms with Gasteiger partial charge in [-0.1, -0.05) is 0 Å². The normalized spacial score (nSPS) is 15.3. The van der Waals surface area contributed by atoms with Gasteiger partial charge in [-0.25, -0.2) is 0 Å². The molecule has 0 saturated carbocycles. The summed E-state index contributed by atoms with van der Waals surface area (Å²) in [6, 6.07) is 6.05. The Bertz CT molecular complexity index is 909. The number of methoxy groups -OCH3 is 1. The lowest BCUT2D eigenvalue weighted by molar-refractivity contribution is -0.156. The lowest BCUT2D eigenvalue weighted by atomic mass is 9.95. The maximum atomic E-state index is 12.6. The van der Waals surface area contributed by atoms with E-state index in [1.165, 1.54) is 17.8 Å². The fraction of sp³-hybridized carbons (Fsp3) is 0.625. The number of benzene rings is 1. The third kappa shape index (κ3) is 7.35. The van der Waals surface area contributed by atoms with Crippen LogP contribution in [0.1, 0.15) is 19.4 Å². The number of likely N-dealkylation sites (N-methyl/N-ethyl adjacent to an activating group) is 1. The van der Waals surface area contributed by atoms with Gasteiger partial charge in [0.25, 0.3) is 0 Å². The van der Waals surface area contributed by atoms with E-state index in [1.54, 1.807) is 7.11 Å². The molecule has 2 heterocycles. The van der Waals surface area contributed by atoms with Crippen LogP contribution in [0.15, 0.2) is 24.4 Å². The molecule has 1 aromatic heterocycles. The second kappa shape index (κ2) is 12.1. The molecule has 1 fully saturated rings. The Balaban J connectivity index is 1.55. The molecule has 0 radical (unpaired) electrons. The lowest BCUT2D eigenvalue weighted by Gasteiger charge is -2.27. The zero-order valence-electron chi connectivity index (χ0n) is 20.5. The lowest BCUT2D eigenvalue weighted by Crippen LogP contribution is -2.39. The van der Waals surface area contributed by atoms with Gasteiger partial charge in [-0.3, -0.25) is 17.8 Å². The third-order valence-corrected chi connectivity index (χ3v) is 6.42. The number of fused-ring (bicyclic) bond motifs is 1. The van der Waals surface area contributed by atoms with Crippen LogP contribution < -0.4 is 4.74 Å². The molecule has 2 aromatic rings. The highest BCUT2D eigenvalue weighted by atomic mass is 32.2. The number of aromatic nitrogens is 1. The van der Waals surface area contributed by atoms with Crippen molar-refractivity contribution in [3.05, 3.63) is 30.0 Å². The summed E-state index contributed by atoms with van der Waals surface area (Å²) in [4.78, 5) is 17.0. The molecule has 1 aliphatic heterocycles. The molecule has 0 unspecified atom stereocenters. The summed E-state index contributed by atoms with van der Waals surface area (Å²) in [6.45, 7) is 9.26. The molecular formula is C24H37N3O5S. The Kier molecular flexibility index (Phi) is 9.46. The molecule has 3 rings (SSSR count). The monoisotopic (exact) mass is 479 g/mol. The van der Waals surface area contributed by atoms with Gasteiger partial charge in [0, 0.05) is 37.8 Å². The van der Waals surface area contributed by atoms with Crippen LogP contribution in [0, 0.1) is 5.41 Å². The summed E-state index contributed by atoms with van der Waals surface area (Å²) in [7, 11) is 5.82. The minimum Gasteiger partial charge on any atom is -0.497 e. The first-order valence-electron chi connectivity index (χ1n) is 11.4. The summed E-state index contributed by atoms with van der Waals surface area (Å²) < 4.78 is 24.2. The number of ether oxygens (including phenoxy) is 3. The summed E-state index contributed by atoms with van der Waals surface area (Å²) in [5, 5.41) is 1.15. The number of rotatable bonds is 12. The van der Waals surface area contributed by atoms with Gasteiger partial charge in [-0.05, 0) is 58.1 Å². The molecule has 0 amide bonds. The van der Waals surface area contributed by atoms with E-state index in [-0.39, 0.29) is 12.6 Å². The van der Waals surface area contributed by atoms with Gasteiger partial charge in [-0.2, -0.15) is 0 Å². The molecule has 33 heavy (non-hydrogen) atoms. The fourth-order valence-corrected chi connectivity index (χ4v) is 4.42. The van der Waals surface area contributed by atoms with E-state index in [4.69, 9.17) is 18.4 Å². The predicted octanol–water partition coefficient (Wildman–Crippen LogP) is 3.08. The van der Waals surface area contributed by atoms with Crippen molar-refractivity contribution in [3.63, 3.8) is 0 Å². The average Bonchev–Trinajstić information content (AvgIpc) is 3.15. The van der Waals surface area contributed by atoms with E-state index >= 15 is 0 Å². The summed E-state index contributed by atoms with van der Waals surface area (Å²) in [6.07, 6.45) is 3.02. The Morgan fingerprint density at radius 1 is 1.24 bits per heavy atom. The summed E-state index contributed by atoms with van der Waals surface area (Å²) in [5.74, 6) is 0.586. The molecule has 0 aliphatic carbocycles. The van der Waals surface area contributed by atoms with Crippen molar-refractivity contribution < 1.29 is 23.2 Å². The van der Waals surface area contributed by atoms with Crippen LogP contribution in [0.25, 0.3) is 10.9 Å². The van der Waals surface area contributed by atoms with E-state index in [2.05, 4.69) is 36.2 Å². The van der Waals surface area contributed by atoms with Crippen LogP contribution in [0.2, 0.25) is 0 Å². The van der Waals surface area contributed by atoms with Crippen molar-refractivity contribution in [2.45, 2.75) is 20.3 Å². The first kappa shape index (κ1) is 25.8. The first-order valence-corrected chi connectivity index (χ1v) is 12.1. The third-order valence-electron chi connectivity index (χ3n) is 5.74. The fourth-order valence-electron chi connectivity index (χ4n) is 3.55. The van der Waals surface area contributed by atoms with Gasteiger partial charge in [0.1, 0.15) is 24.6 Å². The van der Waals surface area contributed by atoms with E-state index in [0.29, 0.717) is 6.61 Å². The van der Waals surface area contributed by atoms with E-state index in [0.717, 1.165) is 62.5 Å². The minimum absolute atomic E-state index is 0.245. The van der Waals surface area contributed by atoms with Crippen molar-refractivity contribution in [3.8, 4) is 5.75 Å². The highest BCUT2D eigenvalue weighted by Crippen LogP contribution is 2.31. The van der Waals surface area contributed by atoms with Crippen LogP contribution >= 0.6 is 12.2 Å². The molecule has 0 atom stereocenters. The maximum absolute atomic E-state index is 12.6. The van der Waals surface area contributed by atoms with E-state index in [1.807, 2.05) is 30.0 Å². The SMILES string of the molecule is COc1ccc2c(c1)c(CCN(C)C)cn2SOCC(C)(C)C(=O)OCCN1CCOCC1. The molecule has 1 saturated heterocycles. The Hall–Kier alpha value is -1.78. The molecule has 0 N–H and O–H groups in total. The number of nitrogens with zero attached hydrogens (tertiary/aromatic N) is 3. The number of carbonyl (C=O) groups excluding carboxylic acids is 1. The van der Waals surface area contributed by atoms with Gasteiger partial charge >= 0.3 is 5.97 Å². The molecular weight excluding hydrogens is 442 g/mol. The van der Waals surface area contributed by atoms with Crippen LogP contribution in [0.4, 0.5) is 0 Å². The van der Waals surface area contributed by atoms with Crippen molar-refractivity contribution in [1.29, 1.82) is 0 Å². The topological polar surface area (TPSA) is 65.4 Å². The van der Waals surface area contributed by atoms with Crippen LogP contribution in [-0.4, -0.2) is 93.6 Å². The summed E-state index contributed by atoms with van der Waals surface area (Å²) in [5.41, 5.74) is 1.55. The van der Waals surface area contributed by atoms with Crippen molar-refractivity contribution in [2.24, 2.45) is 5.41 Å². The standard InChI is InChI=1S/C24H37N3O5S/c1-24(2,23(28)31-15-12-26-10-13-30-14-11-26)18-32-33-27-17-19(8-9-25(3)4)21-16-20(29-5)6-7-22(21)27/h6-7,16-17H,8-15,18H2,1-5H3. The molecule has 0 spiro atoms. The average molecular weight is 480 g/mol. The number of morpholine rings is 1. The van der Waals surface area contributed by atoms with Crippen molar-refractivity contribution >= 4 is 29.1 Å². The Labute approximate surface area is 201 Å². The number of esters is 1. The predicted molar refractivity (Wildman–Crippen MR) is 132 cm³/mol. The molecule has 184 valence electrons. The van der Waals surface area contributed by atoms with Gasteiger partial charge in [0.05, 0.1) is 37.9 Å². The Morgan fingerprint density at radius 2 is 2.00 bits per heavy atom. The van der Waals surface area contributed by atoms with E-state index < -0.39 is 5.41 Å². The minimum atomic E-state index is -0.738. The van der Waals surface area contributed by atoms with Gasteiger partial charge in [0.15, 0.2) is 0 Å². The zero-order valence-corrected chi connectivity index (χ0v) is 21.3.